The lowest BCUT2D eigenvalue weighted by Gasteiger charge is -1.94. The van der Waals surface area contributed by atoms with Gasteiger partial charge in [-0.15, -0.1) is 0 Å². The summed E-state index contributed by atoms with van der Waals surface area (Å²) in [4.78, 5) is 16.3. The van der Waals surface area contributed by atoms with E-state index < -0.39 is 0 Å². The first-order chi connectivity index (χ1) is 8.47. The summed E-state index contributed by atoms with van der Waals surface area (Å²) >= 11 is 0. The monoisotopic (exact) mass is 232 g/mol. The van der Waals surface area contributed by atoms with E-state index in [-0.39, 0.29) is 0 Å². The molecule has 1 aromatic rings. The fraction of sp³-hybridized carbons (Fsp3) is 0.385. The number of aromatic nitrogens is 2. The Kier molecular flexibility index (Phi) is 9.52. The van der Waals surface area contributed by atoms with Gasteiger partial charge in [0, 0.05) is 31.2 Å². The van der Waals surface area contributed by atoms with E-state index in [1.807, 2.05) is 33.8 Å². The van der Waals surface area contributed by atoms with Crippen LogP contribution in [-0.4, -0.2) is 22.0 Å². The van der Waals surface area contributed by atoms with Crippen LogP contribution in [0.15, 0.2) is 40.7 Å². The molecule has 17 heavy (non-hydrogen) atoms. The second-order valence-electron chi connectivity index (χ2n) is 2.46. The van der Waals surface area contributed by atoms with Crippen molar-refractivity contribution >= 4 is 12.1 Å². The first-order valence-electron chi connectivity index (χ1n) is 5.99. The first-order valence-corrected chi connectivity index (χ1v) is 5.99. The largest absolute Gasteiger partial charge is 0.238 e. The summed E-state index contributed by atoms with van der Waals surface area (Å²) in [5.74, 6) is 1.12. The molecule has 0 aromatic carbocycles. The molecule has 0 unspecified atom stereocenters. The Morgan fingerprint density at radius 2 is 1.65 bits per heavy atom. The number of hydrogen-bond donors (Lipinski definition) is 0. The Labute approximate surface area is 103 Å². The molecule has 0 saturated carbocycles. The Hall–Kier alpha value is -1.84. The van der Waals surface area contributed by atoms with Crippen molar-refractivity contribution in [3.05, 3.63) is 36.6 Å². The molecule has 0 fully saturated rings. The van der Waals surface area contributed by atoms with Gasteiger partial charge >= 0.3 is 0 Å². The van der Waals surface area contributed by atoms with Crippen LogP contribution in [0.2, 0.25) is 0 Å². The second kappa shape index (κ2) is 10.7. The maximum Gasteiger partial charge on any atom is 0.197 e. The maximum atomic E-state index is 4.13. The number of hydrogen-bond acceptors (Lipinski definition) is 4. The van der Waals surface area contributed by atoms with Gasteiger partial charge in [0.15, 0.2) is 11.7 Å². The van der Waals surface area contributed by atoms with Crippen LogP contribution in [0.3, 0.4) is 0 Å². The molecule has 0 spiro atoms. The molecular formula is C13H20N4. The van der Waals surface area contributed by atoms with Crippen LogP contribution in [0, 0.1) is 0 Å². The van der Waals surface area contributed by atoms with E-state index >= 15 is 0 Å². The van der Waals surface area contributed by atoms with Crippen molar-refractivity contribution in [2.75, 3.05) is 0 Å². The highest BCUT2D eigenvalue weighted by Crippen LogP contribution is 1.98. The molecule has 92 valence electrons. The number of allylic oxidation sites excluding steroid dienone is 1. The molecule has 1 aromatic heterocycles. The van der Waals surface area contributed by atoms with Crippen molar-refractivity contribution in [3.63, 3.8) is 0 Å². The smallest absolute Gasteiger partial charge is 0.197 e. The standard InChI is InChI=1S/C9H8N4.2C2H6/c1-2-5-11-8(10-4-1)9-12-6-3-7-13-9;2*1-2/h1,3-7H,2H2;2*1-2H3. The fourth-order valence-corrected chi connectivity index (χ4v) is 0.948. The molecule has 0 bridgehead atoms. The van der Waals surface area contributed by atoms with Crippen molar-refractivity contribution in [2.45, 2.75) is 34.1 Å². The van der Waals surface area contributed by atoms with Gasteiger partial charge in [0.05, 0.1) is 0 Å². The van der Waals surface area contributed by atoms with E-state index in [9.17, 15) is 0 Å². The molecule has 0 saturated heterocycles. The maximum absolute atomic E-state index is 4.13. The third kappa shape index (κ3) is 5.70. The summed E-state index contributed by atoms with van der Waals surface area (Å²) in [7, 11) is 0. The van der Waals surface area contributed by atoms with Gasteiger partial charge in [-0.2, -0.15) is 0 Å². The highest BCUT2D eigenvalue weighted by atomic mass is 15.0. The Morgan fingerprint density at radius 3 is 2.29 bits per heavy atom. The van der Waals surface area contributed by atoms with Gasteiger partial charge in [-0.05, 0) is 6.07 Å². The zero-order valence-corrected chi connectivity index (χ0v) is 11.0. The van der Waals surface area contributed by atoms with Crippen molar-refractivity contribution in [2.24, 2.45) is 9.98 Å². The molecule has 2 heterocycles. The van der Waals surface area contributed by atoms with Crippen LogP contribution < -0.4 is 0 Å². The van der Waals surface area contributed by atoms with E-state index in [0.717, 1.165) is 6.42 Å². The summed E-state index contributed by atoms with van der Waals surface area (Å²) in [5, 5.41) is 0. The Balaban J connectivity index is 0.000000581. The minimum Gasteiger partial charge on any atom is -0.238 e. The highest BCUT2D eigenvalue weighted by Gasteiger charge is 2.02. The van der Waals surface area contributed by atoms with E-state index in [0.29, 0.717) is 11.7 Å². The zero-order chi connectivity index (χ0) is 12.9. The third-order valence-corrected chi connectivity index (χ3v) is 1.52. The average Bonchev–Trinajstić information content (AvgIpc) is 2.73. The topological polar surface area (TPSA) is 50.5 Å². The summed E-state index contributed by atoms with van der Waals surface area (Å²) in [5.41, 5.74) is 0. The molecule has 0 amide bonds. The average molecular weight is 232 g/mol. The molecule has 0 N–H and O–H groups in total. The molecule has 0 aliphatic carbocycles. The third-order valence-electron chi connectivity index (χ3n) is 1.52. The minimum absolute atomic E-state index is 0.560. The van der Waals surface area contributed by atoms with Gasteiger partial charge in [-0.3, -0.25) is 0 Å². The van der Waals surface area contributed by atoms with Crippen LogP contribution >= 0.6 is 0 Å². The van der Waals surface area contributed by atoms with Gasteiger partial charge in [-0.1, -0.05) is 33.8 Å². The SMILES string of the molecule is C1=CN=C(c2ncccn2)N=CC1.CC.CC. The van der Waals surface area contributed by atoms with Gasteiger partial charge in [0.1, 0.15) is 0 Å². The van der Waals surface area contributed by atoms with Gasteiger partial charge in [0.2, 0.25) is 0 Å². The summed E-state index contributed by atoms with van der Waals surface area (Å²) < 4.78 is 0. The fourth-order valence-electron chi connectivity index (χ4n) is 0.948. The van der Waals surface area contributed by atoms with Gasteiger partial charge in [-0.25, -0.2) is 20.0 Å². The Bertz CT molecular complexity index is 366. The van der Waals surface area contributed by atoms with Crippen LogP contribution in [0.5, 0.6) is 0 Å². The molecule has 4 nitrogen and oxygen atoms in total. The van der Waals surface area contributed by atoms with Crippen molar-refractivity contribution in [1.29, 1.82) is 0 Å². The van der Waals surface area contributed by atoms with Crippen LogP contribution in [0.4, 0.5) is 0 Å². The van der Waals surface area contributed by atoms with E-state index in [1.54, 1.807) is 30.9 Å². The van der Waals surface area contributed by atoms with Crippen molar-refractivity contribution < 1.29 is 0 Å². The lowest BCUT2D eigenvalue weighted by atomic mass is 10.4. The lowest BCUT2D eigenvalue weighted by Crippen LogP contribution is -2.02. The zero-order valence-electron chi connectivity index (χ0n) is 11.0. The number of nitrogens with zero attached hydrogens (tertiary/aromatic N) is 4. The number of aliphatic imine (C=N–C) groups is 2. The predicted octanol–water partition coefficient (Wildman–Crippen LogP) is 3.26. The quantitative estimate of drug-likeness (QED) is 0.746. The van der Waals surface area contributed by atoms with Crippen molar-refractivity contribution in [1.82, 2.24) is 9.97 Å². The number of amidine groups is 1. The van der Waals surface area contributed by atoms with E-state index in [1.165, 1.54) is 0 Å². The normalized spacial score (nSPS) is 12.4. The molecule has 4 heteroatoms. The van der Waals surface area contributed by atoms with E-state index in [2.05, 4.69) is 20.0 Å². The van der Waals surface area contributed by atoms with Gasteiger partial charge in [0.25, 0.3) is 0 Å². The predicted molar refractivity (Wildman–Crippen MR) is 73.5 cm³/mol. The minimum atomic E-state index is 0.560. The highest BCUT2D eigenvalue weighted by molar-refractivity contribution is 6.00. The molecule has 0 radical (unpaired) electrons. The van der Waals surface area contributed by atoms with Crippen LogP contribution in [0.25, 0.3) is 0 Å². The Morgan fingerprint density at radius 1 is 1.00 bits per heavy atom. The molecular weight excluding hydrogens is 212 g/mol. The second-order valence-corrected chi connectivity index (χ2v) is 2.46. The molecule has 0 atom stereocenters. The summed E-state index contributed by atoms with van der Waals surface area (Å²) in [6.45, 7) is 8.00. The van der Waals surface area contributed by atoms with Crippen LogP contribution in [0.1, 0.15) is 39.9 Å². The van der Waals surface area contributed by atoms with Gasteiger partial charge < -0.3 is 0 Å². The molecule has 1 aliphatic heterocycles. The molecule has 2 rings (SSSR count). The lowest BCUT2D eigenvalue weighted by molar-refractivity contribution is 1.12. The van der Waals surface area contributed by atoms with Crippen LogP contribution in [-0.2, 0) is 0 Å². The first kappa shape index (κ1) is 15.2. The van der Waals surface area contributed by atoms with E-state index in [4.69, 9.17) is 0 Å². The number of rotatable bonds is 1. The summed E-state index contributed by atoms with van der Waals surface area (Å²) in [6.07, 6.45) is 9.60. The van der Waals surface area contributed by atoms with Crippen molar-refractivity contribution in [3.8, 4) is 0 Å². The molecule has 1 aliphatic rings. The summed E-state index contributed by atoms with van der Waals surface area (Å²) in [6, 6.07) is 1.76.